The summed E-state index contributed by atoms with van der Waals surface area (Å²) in [5, 5.41) is 2.07. The van der Waals surface area contributed by atoms with Crippen molar-refractivity contribution >= 4 is 28.1 Å². The van der Waals surface area contributed by atoms with Gasteiger partial charge in [-0.3, -0.25) is 9.97 Å². The number of pyridine rings is 2. The molecule has 0 unspecified atom stereocenters. The maximum atomic E-state index is 10.6. The van der Waals surface area contributed by atoms with E-state index in [4.69, 9.17) is 0 Å². The summed E-state index contributed by atoms with van der Waals surface area (Å²) in [6.07, 6.45) is 4.82. The molecule has 0 fully saturated rings. The molecule has 0 N–H and O–H groups in total. The highest BCUT2D eigenvalue weighted by Crippen LogP contribution is 2.24. The topological polar surface area (TPSA) is 42.9 Å². The summed E-state index contributed by atoms with van der Waals surface area (Å²) in [7, 11) is 0. The van der Waals surface area contributed by atoms with Gasteiger partial charge in [0.1, 0.15) is 6.29 Å². The molecule has 0 aliphatic rings. The van der Waals surface area contributed by atoms with E-state index < -0.39 is 0 Å². The molecule has 82 valence electrons. The van der Waals surface area contributed by atoms with E-state index in [0.717, 1.165) is 33.7 Å². The number of nitrogens with zero attached hydrogens (tertiary/aromatic N) is 2. The van der Waals surface area contributed by atoms with E-state index >= 15 is 0 Å². The second kappa shape index (κ2) is 3.94. The van der Waals surface area contributed by atoms with Gasteiger partial charge in [-0.15, -0.1) is 0 Å². The standard InChI is InChI=1S/C14H10N2O/c17-9-6-10-5-8-16-14-12(10)4-3-11-2-1-7-15-13(11)14/h1-5,7-9H,6H2. The van der Waals surface area contributed by atoms with E-state index in [1.165, 1.54) is 0 Å². The van der Waals surface area contributed by atoms with Crippen LogP contribution in [0.5, 0.6) is 0 Å². The number of rotatable bonds is 2. The fraction of sp³-hybridized carbons (Fsp3) is 0.0714. The molecular formula is C14H10N2O. The predicted molar refractivity (Wildman–Crippen MR) is 66.8 cm³/mol. The molecule has 0 aliphatic carbocycles. The van der Waals surface area contributed by atoms with Gasteiger partial charge in [0, 0.05) is 29.6 Å². The van der Waals surface area contributed by atoms with E-state index in [2.05, 4.69) is 9.97 Å². The van der Waals surface area contributed by atoms with E-state index in [9.17, 15) is 4.79 Å². The molecule has 0 atom stereocenters. The van der Waals surface area contributed by atoms with Crippen LogP contribution in [0.15, 0.2) is 42.7 Å². The number of hydrogen-bond donors (Lipinski definition) is 0. The Morgan fingerprint density at radius 1 is 1.00 bits per heavy atom. The molecule has 0 saturated heterocycles. The molecule has 1 aromatic carbocycles. The average Bonchev–Trinajstić information content (AvgIpc) is 2.39. The van der Waals surface area contributed by atoms with Crippen LogP contribution in [0.25, 0.3) is 21.8 Å². The van der Waals surface area contributed by atoms with Crippen molar-refractivity contribution in [2.75, 3.05) is 0 Å². The number of aromatic nitrogens is 2. The first-order valence-corrected chi connectivity index (χ1v) is 5.45. The third kappa shape index (κ3) is 1.56. The zero-order chi connectivity index (χ0) is 11.7. The Morgan fingerprint density at radius 3 is 2.76 bits per heavy atom. The third-order valence-corrected chi connectivity index (χ3v) is 2.88. The monoisotopic (exact) mass is 222 g/mol. The highest BCUT2D eigenvalue weighted by Gasteiger charge is 2.05. The van der Waals surface area contributed by atoms with E-state index in [1.807, 2.05) is 30.3 Å². The maximum absolute atomic E-state index is 10.6. The van der Waals surface area contributed by atoms with Crippen molar-refractivity contribution in [2.45, 2.75) is 6.42 Å². The zero-order valence-electron chi connectivity index (χ0n) is 9.13. The summed E-state index contributed by atoms with van der Waals surface area (Å²) >= 11 is 0. The summed E-state index contributed by atoms with van der Waals surface area (Å²) in [6, 6.07) is 9.82. The molecule has 3 nitrogen and oxygen atoms in total. The second-order valence-corrected chi connectivity index (χ2v) is 3.88. The second-order valence-electron chi connectivity index (χ2n) is 3.88. The van der Waals surface area contributed by atoms with Gasteiger partial charge in [-0.2, -0.15) is 0 Å². The number of aldehydes is 1. The number of fused-ring (bicyclic) bond motifs is 3. The fourth-order valence-corrected chi connectivity index (χ4v) is 2.08. The minimum Gasteiger partial charge on any atom is -0.303 e. The Balaban J connectivity index is 2.43. The minimum atomic E-state index is 0.414. The molecule has 3 heteroatoms. The molecular weight excluding hydrogens is 212 g/mol. The van der Waals surface area contributed by atoms with Crippen LogP contribution >= 0.6 is 0 Å². The predicted octanol–water partition coefficient (Wildman–Crippen LogP) is 2.52. The summed E-state index contributed by atoms with van der Waals surface area (Å²) in [6.45, 7) is 0. The molecule has 2 heterocycles. The molecule has 0 saturated carbocycles. The Labute approximate surface area is 98.1 Å². The first kappa shape index (κ1) is 9.90. The van der Waals surface area contributed by atoms with Crippen molar-refractivity contribution in [3.8, 4) is 0 Å². The van der Waals surface area contributed by atoms with Crippen molar-refractivity contribution in [3.05, 3.63) is 48.3 Å². The molecule has 2 aromatic heterocycles. The van der Waals surface area contributed by atoms with Gasteiger partial charge in [0.25, 0.3) is 0 Å². The number of hydrogen-bond acceptors (Lipinski definition) is 3. The summed E-state index contributed by atoms with van der Waals surface area (Å²) in [5.74, 6) is 0. The highest BCUT2D eigenvalue weighted by atomic mass is 16.1. The Hall–Kier alpha value is -2.29. The van der Waals surface area contributed by atoms with Crippen LogP contribution in [0.1, 0.15) is 5.56 Å². The summed E-state index contributed by atoms with van der Waals surface area (Å²) < 4.78 is 0. The first-order chi connectivity index (χ1) is 8.40. The van der Waals surface area contributed by atoms with Gasteiger partial charge in [0.15, 0.2) is 0 Å². The lowest BCUT2D eigenvalue weighted by Gasteiger charge is -2.05. The molecule has 0 radical (unpaired) electrons. The average molecular weight is 222 g/mol. The van der Waals surface area contributed by atoms with Crippen LogP contribution in [0.4, 0.5) is 0 Å². The maximum Gasteiger partial charge on any atom is 0.124 e. The molecule has 17 heavy (non-hydrogen) atoms. The molecule has 0 spiro atoms. The zero-order valence-corrected chi connectivity index (χ0v) is 9.13. The van der Waals surface area contributed by atoms with Gasteiger partial charge in [0.2, 0.25) is 0 Å². The van der Waals surface area contributed by atoms with Crippen molar-refractivity contribution in [1.29, 1.82) is 0 Å². The van der Waals surface area contributed by atoms with E-state index in [0.29, 0.717) is 6.42 Å². The number of carbonyl (C=O) groups excluding carboxylic acids is 1. The summed E-state index contributed by atoms with van der Waals surface area (Å²) in [4.78, 5) is 19.4. The van der Waals surface area contributed by atoms with E-state index in [-0.39, 0.29) is 0 Å². The molecule has 0 amide bonds. The van der Waals surface area contributed by atoms with Crippen LogP contribution in [0.3, 0.4) is 0 Å². The number of benzene rings is 1. The van der Waals surface area contributed by atoms with Gasteiger partial charge in [-0.1, -0.05) is 18.2 Å². The lowest BCUT2D eigenvalue weighted by Crippen LogP contribution is -1.91. The van der Waals surface area contributed by atoms with Gasteiger partial charge < -0.3 is 4.79 Å². The fourth-order valence-electron chi connectivity index (χ4n) is 2.08. The van der Waals surface area contributed by atoms with Crippen molar-refractivity contribution < 1.29 is 4.79 Å². The molecule has 3 rings (SSSR count). The molecule has 3 aromatic rings. The lowest BCUT2D eigenvalue weighted by molar-refractivity contribution is -0.107. The largest absolute Gasteiger partial charge is 0.303 e. The van der Waals surface area contributed by atoms with Crippen LogP contribution in [-0.4, -0.2) is 16.3 Å². The molecule has 0 aliphatic heterocycles. The van der Waals surface area contributed by atoms with Gasteiger partial charge >= 0.3 is 0 Å². The SMILES string of the molecule is O=CCc1ccnc2c1ccc1cccnc12. The minimum absolute atomic E-state index is 0.414. The smallest absolute Gasteiger partial charge is 0.124 e. The Kier molecular flexibility index (Phi) is 2.29. The third-order valence-electron chi connectivity index (χ3n) is 2.88. The summed E-state index contributed by atoms with van der Waals surface area (Å²) in [5.41, 5.74) is 2.75. The van der Waals surface area contributed by atoms with E-state index in [1.54, 1.807) is 12.4 Å². The quantitative estimate of drug-likeness (QED) is 0.494. The normalized spacial score (nSPS) is 10.8. The lowest BCUT2D eigenvalue weighted by atomic mass is 10.0. The van der Waals surface area contributed by atoms with Gasteiger partial charge in [-0.25, -0.2) is 0 Å². The Morgan fingerprint density at radius 2 is 1.88 bits per heavy atom. The van der Waals surface area contributed by atoms with Crippen LogP contribution in [-0.2, 0) is 11.2 Å². The number of carbonyl (C=O) groups is 1. The van der Waals surface area contributed by atoms with Gasteiger partial charge in [0.05, 0.1) is 11.0 Å². The molecule has 0 bridgehead atoms. The van der Waals surface area contributed by atoms with Crippen LogP contribution in [0.2, 0.25) is 0 Å². The van der Waals surface area contributed by atoms with Gasteiger partial charge in [-0.05, 0) is 17.7 Å². The first-order valence-electron chi connectivity index (χ1n) is 5.45. The highest BCUT2D eigenvalue weighted by molar-refractivity contribution is 6.03. The Bertz CT molecular complexity index is 707. The van der Waals surface area contributed by atoms with Crippen LogP contribution in [0, 0.1) is 0 Å². The van der Waals surface area contributed by atoms with Crippen molar-refractivity contribution in [2.24, 2.45) is 0 Å². The van der Waals surface area contributed by atoms with Crippen molar-refractivity contribution in [3.63, 3.8) is 0 Å². The van der Waals surface area contributed by atoms with Crippen LogP contribution < -0.4 is 0 Å². The van der Waals surface area contributed by atoms with Crippen molar-refractivity contribution in [1.82, 2.24) is 9.97 Å².